The van der Waals surface area contributed by atoms with Crippen LogP contribution in [0, 0.1) is 5.82 Å². The average molecular weight is 374 g/mol. The molecule has 2 amide bonds. The molecule has 0 saturated heterocycles. The molecule has 2 aromatic carbocycles. The zero-order valence-corrected chi connectivity index (χ0v) is 15.6. The molecule has 0 unspecified atom stereocenters. The van der Waals surface area contributed by atoms with Crippen LogP contribution in [0.1, 0.15) is 22.8 Å². The van der Waals surface area contributed by atoms with Crippen molar-refractivity contribution in [2.45, 2.75) is 13.5 Å². The summed E-state index contributed by atoms with van der Waals surface area (Å²) < 4.78 is 24.0. The molecule has 0 atom stereocenters. The standard InChI is InChI=1S/C20H23FN2O4/c1-4-27-17-8-6-5-7-15(17)20(25)22-12-19(24)23(2)13-14-9-10-18(26-3)16(21)11-14/h5-11H,4,12-13H2,1-3H3,(H,22,25). The van der Waals surface area contributed by atoms with E-state index in [1.165, 1.54) is 24.1 Å². The molecule has 0 aliphatic heterocycles. The number of hydrogen-bond donors (Lipinski definition) is 1. The van der Waals surface area contributed by atoms with Gasteiger partial charge in [0.15, 0.2) is 11.6 Å². The van der Waals surface area contributed by atoms with Gasteiger partial charge in [0.2, 0.25) is 5.91 Å². The van der Waals surface area contributed by atoms with Gasteiger partial charge in [0.25, 0.3) is 5.91 Å². The first kappa shape index (κ1) is 20.2. The smallest absolute Gasteiger partial charge is 0.255 e. The van der Waals surface area contributed by atoms with Crippen LogP contribution in [0.3, 0.4) is 0 Å². The predicted molar refractivity (Wildman–Crippen MR) is 99.4 cm³/mol. The van der Waals surface area contributed by atoms with Gasteiger partial charge in [-0.15, -0.1) is 0 Å². The van der Waals surface area contributed by atoms with Crippen molar-refractivity contribution in [1.29, 1.82) is 0 Å². The van der Waals surface area contributed by atoms with Gasteiger partial charge >= 0.3 is 0 Å². The highest BCUT2D eigenvalue weighted by molar-refractivity contribution is 5.98. The zero-order valence-electron chi connectivity index (χ0n) is 15.6. The van der Waals surface area contributed by atoms with Crippen LogP contribution in [0.25, 0.3) is 0 Å². The van der Waals surface area contributed by atoms with Crippen molar-refractivity contribution in [1.82, 2.24) is 10.2 Å². The average Bonchev–Trinajstić information content (AvgIpc) is 2.66. The predicted octanol–water partition coefficient (Wildman–Crippen LogP) is 2.62. The number of ether oxygens (including phenoxy) is 2. The number of nitrogens with one attached hydrogen (secondary N) is 1. The van der Waals surface area contributed by atoms with Crippen molar-refractivity contribution >= 4 is 11.8 Å². The van der Waals surface area contributed by atoms with E-state index in [1.807, 2.05) is 6.92 Å². The molecule has 27 heavy (non-hydrogen) atoms. The Morgan fingerprint density at radius 3 is 2.56 bits per heavy atom. The van der Waals surface area contributed by atoms with Gasteiger partial charge in [-0.2, -0.15) is 0 Å². The van der Waals surface area contributed by atoms with Crippen LogP contribution in [0.15, 0.2) is 42.5 Å². The quantitative estimate of drug-likeness (QED) is 0.771. The molecule has 0 aliphatic carbocycles. The Kier molecular flexibility index (Phi) is 7.16. The second-order valence-corrected chi connectivity index (χ2v) is 5.83. The van der Waals surface area contributed by atoms with E-state index in [9.17, 15) is 14.0 Å². The number of methoxy groups -OCH3 is 1. The normalized spacial score (nSPS) is 10.2. The summed E-state index contributed by atoms with van der Waals surface area (Å²) in [5.74, 6) is -0.568. The SMILES string of the molecule is CCOc1ccccc1C(=O)NCC(=O)N(C)Cc1ccc(OC)c(F)c1. The van der Waals surface area contributed by atoms with E-state index < -0.39 is 11.7 Å². The van der Waals surface area contributed by atoms with E-state index in [-0.39, 0.29) is 24.7 Å². The van der Waals surface area contributed by atoms with Crippen molar-refractivity contribution in [2.75, 3.05) is 27.3 Å². The van der Waals surface area contributed by atoms with E-state index in [0.717, 1.165) is 0 Å². The van der Waals surface area contributed by atoms with Crippen molar-refractivity contribution in [3.05, 3.63) is 59.4 Å². The molecule has 0 heterocycles. The van der Waals surface area contributed by atoms with Crippen molar-refractivity contribution in [2.24, 2.45) is 0 Å². The van der Waals surface area contributed by atoms with Gasteiger partial charge in [-0.3, -0.25) is 9.59 Å². The summed E-state index contributed by atoms with van der Waals surface area (Å²) in [6, 6.07) is 11.3. The largest absolute Gasteiger partial charge is 0.494 e. The van der Waals surface area contributed by atoms with Gasteiger partial charge in [-0.25, -0.2) is 4.39 Å². The van der Waals surface area contributed by atoms with Gasteiger partial charge in [0, 0.05) is 13.6 Å². The zero-order chi connectivity index (χ0) is 19.8. The lowest BCUT2D eigenvalue weighted by Gasteiger charge is -2.18. The molecule has 0 fully saturated rings. The molecule has 6 nitrogen and oxygen atoms in total. The fraction of sp³-hybridized carbons (Fsp3) is 0.300. The van der Waals surface area contributed by atoms with Crippen LogP contribution in [0.5, 0.6) is 11.5 Å². The number of carbonyl (C=O) groups excluding carboxylic acids is 2. The fourth-order valence-corrected chi connectivity index (χ4v) is 2.49. The molecule has 7 heteroatoms. The number of para-hydroxylation sites is 1. The summed E-state index contributed by atoms with van der Waals surface area (Å²) in [6.45, 7) is 2.30. The Morgan fingerprint density at radius 1 is 1.15 bits per heavy atom. The van der Waals surface area contributed by atoms with E-state index in [1.54, 1.807) is 37.4 Å². The third-order valence-electron chi connectivity index (χ3n) is 3.89. The third-order valence-corrected chi connectivity index (χ3v) is 3.89. The molecule has 144 valence electrons. The summed E-state index contributed by atoms with van der Waals surface area (Å²) >= 11 is 0. The molecule has 0 aliphatic rings. The van der Waals surface area contributed by atoms with Crippen molar-refractivity contribution in [3.63, 3.8) is 0 Å². The van der Waals surface area contributed by atoms with E-state index in [4.69, 9.17) is 9.47 Å². The lowest BCUT2D eigenvalue weighted by atomic mass is 10.2. The minimum atomic E-state index is -0.489. The van der Waals surface area contributed by atoms with Crippen LogP contribution in [-0.2, 0) is 11.3 Å². The molecular weight excluding hydrogens is 351 g/mol. The highest BCUT2D eigenvalue weighted by Crippen LogP contribution is 2.19. The summed E-state index contributed by atoms with van der Waals surface area (Å²) in [5.41, 5.74) is 0.990. The summed E-state index contributed by atoms with van der Waals surface area (Å²) in [5, 5.41) is 2.59. The van der Waals surface area contributed by atoms with E-state index >= 15 is 0 Å². The molecule has 0 aromatic heterocycles. The molecular formula is C20H23FN2O4. The summed E-state index contributed by atoms with van der Waals surface area (Å²) in [7, 11) is 2.98. The van der Waals surface area contributed by atoms with Crippen LogP contribution in [-0.4, -0.2) is 44.0 Å². The number of rotatable bonds is 8. The molecule has 0 saturated carbocycles. The maximum atomic E-state index is 13.7. The van der Waals surface area contributed by atoms with Crippen LogP contribution in [0.2, 0.25) is 0 Å². The van der Waals surface area contributed by atoms with Gasteiger partial charge < -0.3 is 19.7 Å². The highest BCUT2D eigenvalue weighted by atomic mass is 19.1. The van der Waals surface area contributed by atoms with Crippen molar-refractivity contribution in [3.8, 4) is 11.5 Å². The van der Waals surface area contributed by atoms with Gasteiger partial charge in [-0.1, -0.05) is 18.2 Å². The first-order chi connectivity index (χ1) is 13.0. The number of likely N-dealkylation sites (N-methyl/N-ethyl adjacent to an activating group) is 1. The molecule has 2 aromatic rings. The lowest BCUT2D eigenvalue weighted by Crippen LogP contribution is -2.38. The number of halogens is 1. The summed E-state index contributed by atoms with van der Waals surface area (Å²) in [6.07, 6.45) is 0. The van der Waals surface area contributed by atoms with Crippen LogP contribution < -0.4 is 14.8 Å². The number of benzene rings is 2. The van der Waals surface area contributed by atoms with Gasteiger partial charge in [0.05, 0.1) is 25.8 Å². The van der Waals surface area contributed by atoms with E-state index in [0.29, 0.717) is 23.5 Å². The Hall–Kier alpha value is -3.09. The summed E-state index contributed by atoms with van der Waals surface area (Å²) in [4.78, 5) is 26.0. The molecule has 0 bridgehead atoms. The number of amides is 2. The topological polar surface area (TPSA) is 67.9 Å². The lowest BCUT2D eigenvalue weighted by molar-refractivity contribution is -0.129. The molecule has 1 N–H and O–H groups in total. The number of carbonyl (C=O) groups is 2. The molecule has 0 spiro atoms. The maximum absolute atomic E-state index is 13.7. The minimum Gasteiger partial charge on any atom is -0.494 e. The Labute approximate surface area is 157 Å². The minimum absolute atomic E-state index is 0.146. The third kappa shape index (κ3) is 5.44. The van der Waals surface area contributed by atoms with Crippen LogP contribution in [0.4, 0.5) is 4.39 Å². The number of nitrogens with zero attached hydrogens (tertiary/aromatic N) is 1. The van der Waals surface area contributed by atoms with Crippen molar-refractivity contribution < 1.29 is 23.5 Å². The Balaban J connectivity index is 1.93. The monoisotopic (exact) mass is 374 g/mol. The maximum Gasteiger partial charge on any atom is 0.255 e. The second-order valence-electron chi connectivity index (χ2n) is 5.83. The van der Waals surface area contributed by atoms with Gasteiger partial charge in [-0.05, 0) is 36.8 Å². The van der Waals surface area contributed by atoms with Crippen LogP contribution >= 0.6 is 0 Å². The molecule has 2 rings (SSSR count). The molecule has 0 radical (unpaired) electrons. The van der Waals surface area contributed by atoms with Gasteiger partial charge in [0.1, 0.15) is 5.75 Å². The Morgan fingerprint density at radius 2 is 1.89 bits per heavy atom. The highest BCUT2D eigenvalue weighted by Gasteiger charge is 2.15. The first-order valence-corrected chi connectivity index (χ1v) is 8.52. The first-order valence-electron chi connectivity index (χ1n) is 8.52. The second kappa shape index (κ2) is 9.56. The van der Waals surface area contributed by atoms with E-state index in [2.05, 4.69) is 5.32 Å². The fourth-order valence-electron chi connectivity index (χ4n) is 2.49. The Bertz CT molecular complexity index is 810. The number of hydrogen-bond acceptors (Lipinski definition) is 4.